The zero-order valence-corrected chi connectivity index (χ0v) is 31.8. The number of hydrogen-bond donors (Lipinski definition) is 3. The maximum atomic E-state index is 14.1. The molecular weight excluding hydrogens is 624 g/mol. The van der Waals surface area contributed by atoms with Crippen LogP contribution in [-0.2, 0) is 35.1 Å². The number of likely N-dealkylation sites (tertiary alicyclic amines) is 1. The van der Waals surface area contributed by atoms with Crippen LogP contribution in [0.3, 0.4) is 0 Å². The number of amides is 4. The summed E-state index contributed by atoms with van der Waals surface area (Å²) in [5.74, 6) is -1.26. The van der Waals surface area contributed by atoms with E-state index in [4.69, 9.17) is 9.47 Å². The fourth-order valence-corrected chi connectivity index (χ4v) is 7.07. The highest BCUT2D eigenvalue weighted by atomic mass is 16.5. The molecule has 1 aromatic rings. The van der Waals surface area contributed by atoms with Crippen LogP contribution in [0.15, 0.2) is 24.4 Å². The van der Waals surface area contributed by atoms with Crippen molar-refractivity contribution < 1.29 is 28.7 Å². The molecule has 0 aliphatic carbocycles. The Morgan fingerprint density at radius 3 is 2.20 bits per heavy atom. The van der Waals surface area contributed by atoms with Crippen molar-refractivity contribution in [1.82, 2.24) is 30.7 Å². The topological polar surface area (TPSA) is 142 Å². The Morgan fingerprint density at radius 2 is 1.67 bits per heavy atom. The Kier molecular flexibility index (Phi) is 17.6. The lowest BCUT2D eigenvalue weighted by atomic mass is 9.89. The molecule has 8 atom stereocenters. The Bertz CT molecular complexity index is 1180. The van der Waals surface area contributed by atoms with E-state index >= 15 is 0 Å². The Labute approximate surface area is 294 Å². The Morgan fingerprint density at radius 1 is 1.00 bits per heavy atom. The number of nitrogens with zero attached hydrogens (tertiary/aromatic N) is 3. The van der Waals surface area contributed by atoms with Crippen molar-refractivity contribution in [2.24, 2.45) is 23.7 Å². The third kappa shape index (κ3) is 11.5. The van der Waals surface area contributed by atoms with E-state index in [-0.39, 0.29) is 53.8 Å². The minimum Gasteiger partial charge on any atom is -0.379 e. The molecule has 0 spiro atoms. The predicted molar refractivity (Wildman–Crippen MR) is 192 cm³/mol. The van der Waals surface area contributed by atoms with Crippen molar-refractivity contribution in [2.45, 2.75) is 117 Å². The molecule has 1 aromatic heterocycles. The second-order valence-corrected chi connectivity index (χ2v) is 14.2. The summed E-state index contributed by atoms with van der Waals surface area (Å²) < 4.78 is 11.9. The van der Waals surface area contributed by atoms with E-state index in [9.17, 15) is 19.2 Å². The molecule has 4 amide bonds. The van der Waals surface area contributed by atoms with Crippen LogP contribution in [0.2, 0.25) is 0 Å². The summed E-state index contributed by atoms with van der Waals surface area (Å²) in [6.07, 6.45) is 3.63. The number of pyridine rings is 1. The van der Waals surface area contributed by atoms with Gasteiger partial charge in [0.15, 0.2) is 0 Å². The lowest BCUT2D eigenvalue weighted by Crippen LogP contribution is -2.59. The highest BCUT2D eigenvalue weighted by molar-refractivity contribution is 5.90. The average Bonchev–Trinajstić information content (AvgIpc) is 3.56. The van der Waals surface area contributed by atoms with Crippen molar-refractivity contribution in [2.75, 3.05) is 41.4 Å². The summed E-state index contributed by atoms with van der Waals surface area (Å²) in [7, 11) is 6.64. The van der Waals surface area contributed by atoms with Crippen LogP contribution in [-0.4, -0.2) is 116 Å². The van der Waals surface area contributed by atoms with E-state index in [2.05, 4.69) is 34.8 Å². The van der Waals surface area contributed by atoms with Gasteiger partial charge in [-0.1, -0.05) is 61.0 Å². The highest BCUT2D eigenvalue weighted by Gasteiger charge is 2.43. The first-order valence-electron chi connectivity index (χ1n) is 18.0. The fraction of sp³-hybridized carbons (Fsp3) is 0.757. The first-order chi connectivity index (χ1) is 23.2. The first kappa shape index (κ1) is 42.1. The van der Waals surface area contributed by atoms with Gasteiger partial charge in [-0.15, -0.1) is 0 Å². The molecule has 2 rings (SSSR count). The van der Waals surface area contributed by atoms with Gasteiger partial charge < -0.3 is 35.2 Å². The summed E-state index contributed by atoms with van der Waals surface area (Å²) in [6.45, 7) is 14.7. The van der Waals surface area contributed by atoms with Crippen LogP contribution in [0, 0.1) is 23.7 Å². The third-order valence-electron chi connectivity index (χ3n) is 10.2. The van der Waals surface area contributed by atoms with Crippen LogP contribution >= 0.6 is 0 Å². The largest absolute Gasteiger partial charge is 0.379 e. The molecule has 49 heavy (non-hydrogen) atoms. The van der Waals surface area contributed by atoms with Gasteiger partial charge in [0.1, 0.15) is 6.04 Å². The van der Waals surface area contributed by atoms with Crippen molar-refractivity contribution >= 4 is 23.6 Å². The number of carbonyl (C=O) groups excluding carboxylic acids is 4. The van der Waals surface area contributed by atoms with Crippen molar-refractivity contribution in [3.05, 3.63) is 30.1 Å². The molecule has 0 aromatic carbocycles. The van der Waals surface area contributed by atoms with E-state index < -0.39 is 36.3 Å². The van der Waals surface area contributed by atoms with Gasteiger partial charge in [0, 0.05) is 52.7 Å². The maximum Gasteiger partial charge on any atom is 0.245 e. The molecule has 0 bridgehead atoms. The lowest BCUT2D eigenvalue weighted by molar-refractivity contribution is -0.147. The van der Waals surface area contributed by atoms with Gasteiger partial charge in [-0.3, -0.25) is 24.2 Å². The van der Waals surface area contributed by atoms with Crippen molar-refractivity contribution in [3.63, 3.8) is 0 Å². The molecule has 12 heteroatoms. The molecule has 1 fully saturated rings. The van der Waals surface area contributed by atoms with Gasteiger partial charge >= 0.3 is 0 Å². The van der Waals surface area contributed by atoms with Crippen LogP contribution < -0.4 is 16.0 Å². The molecule has 1 aliphatic rings. The van der Waals surface area contributed by atoms with E-state index in [1.54, 1.807) is 39.4 Å². The number of rotatable bonds is 20. The van der Waals surface area contributed by atoms with Gasteiger partial charge in [0.25, 0.3) is 0 Å². The molecule has 2 heterocycles. The number of ether oxygens (including phenoxy) is 2. The van der Waals surface area contributed by atoms with E-state index in [0.717, 1.165) is 25.0 Å². The quantitative estimate of drug-likeness (QED) is 0.190. The Hall–Kier alpha value is -3.09. The second-order valence-electron chi connectivity index (χ2n) is 14.2. The second kappa shape index (κ2) is 20.6. The average molecular weight is 689 g/mol. The van der Waals surface area contributed by atoms with Crippen LogP contribution in [0.25, 0.3) is 0 Å². The summed E-state index contributed by atoms with van der Waals surface area (Å²) in [5, 5.41) is 9.05. The number of aromatic nitrogens is 1. The molecule has 1 unspecified atom stereocenters. The zero-order valence-electron chi connectivity index (χ0n) is 31.8. The third-order valence-corrected chi connectivity index (χ3v) is 10.2. The zero-order chi connectivity index (χ0) is 36.8. The summed E-state index contributed by atoms with van der Waals surface area (Å²) in [4.78, 5) is 62.3. The minimum absolute atomic E-state index is 0.00633. The molecule has 12 nitrogen and oxygen atoms in total. The predicted octanol–water partition coefficient (Wildman–Crippen LogP) is 3.05. The fourth-order valence-electron chi connectivity index (χ4n) is 7.07. The SMILES string of the molecule is CC[C@H](C)[C@@H]([C@@H](CC(=O)N1CCC[C@H]1[C@H](OC)[C@@H](C)C(=O)NCCc1ccccn1)OC)N(C)C(=O)C(NC(=O)[C@@H](NC)C(C)C)C(C)C. The van der Waals surface area contributed by atoms with E-state index in [1.807, 2.05) is 57.7 Å². The van der Waals surface area contributed by atoms with Crippen LogP contribution in [0.5, 0.6) is 0 Å². The molecule has 278 valence electrons. The smallest absolute Gasteiger partial charge is 0.245 e. The summed E-state index contributed by atoms with van der Waals surface area (Å²) in [6, 6.07) is 3.85. The summed E-state index contributed by atoms with van der Waals surface area (Å²) >= 11 is 0. The molecule has 1 aliphatic heterocycles. The Balaban J connectivity index is 2.20. The monoisotopic (exact) mass is 688 g/mol. The van der Waals surface area contributed by atoms with E-state index in [1.165, 1.54) is 0 Å². The van der Waals surface area contributed by atoms with Crippen molar-refractivity contribution in [1.29, 1.82) is 0 Å². The van der Waals surface area contributed by atoms with Gasteiger partial charge in [-0.2, -0.15) is 0 Å². The number of methoxy groups -OCH3 is 2. The van der Waals surface area contributed by atoms with Gasteiger partial charge in [-0.25, -0.2) is 0 Å². The normalized spacial score (nSPS) is 19.1. The molecule has 0 radical (unpaired) electrons. The van der Waals surface area contributed by atoms with Gasteiger partial charge in [0.2, 0.25) is 23.6 Å². The van der Waals surface area contributed by atoms with Gasteiger partial charge in [0.05, 0.1) is 42.7 Å². The van der Waals surface area contributed by atoms with Gasteiger partial charge in [-0.05, 0) is 49.8 Å². The molecule has 3 N–H and O–H groups in total. The molecule has 1 saturated heterocycles. The number of hydrogen-bond acceptors (Lipinski definition) is 8. The standard InChI is InChI=1S/C37H64N6O6/c1-12-25(6)33(42(9)37(47)32(24(4)5)41-36(46)31(38-8)23(2)3)29(48-10)22-30(44)43-21-15-17-28(43)34(49-11)26(7)35(45)40-20-18-27-16-13-14-19-39-27/h13-14,16,19,23-26,28-29,31-34,38H,12,15,17-18,20-22H2,1-11H3,(H,40,45)(H,41,46)/t25-,26+,28-,29+,31-,32?,33-,34+/m0/s1. The van der Waals surface area contributed by atoms with Crippen molar-refractivity contribution in [3.8, 4) is 0 Å². The van der Waals surface area contributed by atoms with E-state index in [0.29, 0.717) is 19.5 Å². The number of carbonyl (C=O) groups is 4. The van der Waals surface area contributed by atoms with Crippen LogP contribution in [0.4, 0.5) is 0 Å². The number of likely N-dealkylation sites (N-methyl/N-ethyl adjacent to an activating group) is 2. The maximum absolute atomic E-state index is 14.1. The molecule has 0 saturated carbocycles. The highest BCUT2D eigenvalue weighted by Crippen LogP contribution is 2.29. The minimum atomic E-state index is -0.742. The number of nitrogens with one attached hydrogen (secondary N) is 3. The first-order valence-corrected chi connectivity index (χ1v) is 18.0. The summed E-state index contributed by atoms with van der Waals surface area (Å²) in [5.41, 5.74) is 0.903. The molecular formula is C37H64N6O6. The lowest BCUT2D eigenvalue weighted by Gasteiger charge is -2.41. The van der Waals surface area contributed by atoms with Crippen LogP contribution in [0.1, 0.15) is 79.8 Å².